The number of aryl methyl sites for hydroxylation is 2. The molecule has 24 heavy (non-hydrogen) atoms. The fraction of sp³-hybridized carbons (Fsp3) is 0.667. The minimum atomic E-state index is -0.0635. The summed E-state index contributed by atoms with van der Waals surface area (Å²) in [6.07, 6.45) is 2.17. The zero-order chi connectivity index (χ0) is 17.5. The minimum Gasteiger partial charge on any atom is -0.355 e. The smallest absolute Gasteiger partial charge is 0.231 e. The molecular weight excluding hydrogens is 302 g/mol. The van der Waals surface area contributed by atoms with Crippen LogP contribution in [0.4, 0.5) is 5.82 Å². The first-order valence-corrected chi connectivity index (χ1v) is 8.66. The Bertz CT molecular complexity index is 731. The average molecular weight is 329 g/mol. The van der Waals surface area contributed by atoms with Gasteiger partial charge in [0.05, 0.1) is 5.92 Å². The van der Waals surface area contributed by atoms with Gasteiger partial charge in [0.2, 0.25) is 5.89 Å². The lowest BCUT2D eigenvalue weighted by Crippen LogP contribution is -2.36. The van der Waals surface area contributed by atoms with E-state index in [9.17, 15) is 0 Å². The standard InChI is InChI=1S/C18H27N5O/c1-11-12(2)19-17(18(4,5)6)21-15(11)23-9-7-8-14(10-23)16-20-13(3)22-24-16/h14H,7-10H2,1-6H3/t14-/m1/s1. The van der Waals surface area contributed by atoms with Crippen molar-refractivity contribution in [3.63, 3.8) is 0 Å². The number of piperidine rings is 1. The predicted molar refractivity (Wildman–Crippen MR) is 93.4 cm³/mol. The van der Waals surface area contributed by atoms with Crippen molar-refractivity contribution < 1.29 is 4.52 Å². The van der Waals surface area contributed by atoms with E-state index in [1.165, 1.54) is 0 Å². The second kappa shape index (κ2) is 6.15. The molecule has 1 atom stereocenters. The van der Waals surface area contributed by atoms with Crippen LogP contribution in [-0.2, 0) is 5.41 Å². The summed E-state index contributed by atoms with van der Waals surface area (Å²) in [5, 5.41) is 3.94. The summed E-state index contributed by atoms with van der Waals surface area (Å²) in [6, 6.07) is 0. The van der Waals surface area contributed by atoms with Gasteiger partial charge >= 0.3 is 0 Å². The first kappa shape index (κ1) is 16.9. The van der Waals surface area contributed by atoms with Gasteiger partial charge in [0.15, 0.2) is 5.82 Å². The van der Waals surface area contributed by atoms with Crippen molar-refractivity contribution in [1.82, 2.24) is 20.1 Å². The highest BCUT2D eigenvalue weighted by Gasteiger charge is 2.29. The zero-order valence-electron chi connectivity index (χ0n) is 15.6. The predicted octanol–water partition coefficient (Wildman–Crippen LogP) is 3.47. The Morgan fingerprint density at radius 1 is 1.08 bits per heavy atom. The molecule has 3 heterocycles. The molecule has 0 radical (unpaired) electrons. The summed E-state index contributed by atoms with van der Waals surface area (Å²) >= 11 is 0. The minimum absolute atomic E-state index is 0.0635. The van der Waals surface area contributed by atoms with Crippen LogP contribution in [0.1, 0.15) is 68.3 Å². The molecule has 0 spiro atoms. The monoisotopic (exact) mass is 329 g/mol. The lowest BCUT2D eigenvalue weighted by molar-refractivity contribution is 0.330. The Hall–Kier alpha value is -1.98. The number of hydrogen-bond acceptors (Lipinski definition) is 6. The molecule has 6 nitrogen and oxygen atoms in total. The Kier molecular flexibility index (Phi) is 4.32. The Labute approximate surface area is 143 Å². The summed E-state index contributed by atoms with van der Waals surface area (Å²) < 4.78 is 5.40. The first-order chi connectivity index (χ1) is 11.3. The molecule has 0 bridgehead atoms. The van der Waals surface area contributed by atoms with E-state index < -0.39 is 0 Å². The fourth-order valence-electron chi connectivity index (χ4n) is 3.11. The van der Waals surface area contributed by atoms with Gasteiger partial charge in [0, 0.05) is 29.8 Å². The van der Waals surface area contributed by atoms with Crippen LogP contribution < -0.4 is 4.90 Å². The van der Waals surface area contributed by atoms with Crippen LogP contribution in [0.25, 0.3) is 0 Å². The molecule has 0 saturated carbocycles. The van der Waals surface area contributed by atoms with Crippen molar-refractivity contribution in [2.45, 2.75) is 65.7 Å². The Balaban J connectivity index is 1.92. The van der Waals surface area contributed by atoms with Crippen LogP contribution >= 0.6 is 0 Å². The van der Waals surface area contributed by atoms with Crippen LogP contribution in [0.15, 0.2) is 4.52 Å². The quantitative estimate of drug-likeness (QED) is 0.840. The molecule has 6 heteroatoms. The highest BCUT2D eigenvalue weighted by atomic mass is 16.5. The van der Waals surface area contributed by atoms with E-state index in [0.29, 0.717) is 5.82 Å². The van der Waals surface area contributed by atoms with E-state index >= 15 is 0 Å². The van der Waals surface area contributed by atoms with Crippen LogP contribution in [-0.4, -0.2) is 33.2 Å². The molecule has 0 aromatic carbocycles. The fourth-order valence-corrected chi connectivity index (χ4v) is 3.11. The molecule has 0 aliphatic carbocycles. The first-order valence-electron chi connectivity index (χ1n) is 8.66. The normalized spacial score (nSPS) is 18.9. The molecule has 130 valence electrons. The zero-order valence-corrected chi connectivity index (χ0v) is 15.6. The largest absolute Gasteiger partial charge is 0.355 e. The van der Waals surface area contributed by atoms with Gasteiger partial charge in [-0.2, -0.15) is 4.98 Å². The van der Waals surface area contributed by atoms with E-state index in [4.69, 9.17) is 14.5 Å². The van der Waals surface area contributed by atoms with Gasteiger partial charge in [-0.1, -0.05) is 25.9 Å². The van der Waals surface area contributed by atoms with Gasteiger partial charge in [-0.15, -0.1) is 0 Å². The summed E-state index contributed by atoms with van der Waals surface area (Å²) in [5.41, 5.74) is 2.15. The average Bonchev–Trinajstić information content (AvgIpc) is 2.95. The van der Waals surface area contributed by atoms with Crippen LogP contribution in [0.3, 0.4) is 0 Å². The van der Waals surface area contributed by atoms with Gasteiger partial charge < -0.3 is 9.42 Å². The topological polar surface area (TPSA) is 67.9 Å². The maximum atomic E-state index is 5.40. The molecule has 3 rings (SSSR count). The van der Waals surface area contributed by atoms with E-state index in [2.05, 4.69) is 49.7 Å². The number of rotatable bonds is 2. The Morgan fingerprint density at radius 2 is 1.83 bits per heavy atom. The summed E-state index contributed by atoms with van der Waals surface area (Å²) in [4.78, 5) is 16.4. The van der Waals surface area contributed by atoms with Crippen LogP contribution in [0.2, 0.25) is 0 Å². The third-order valence-electron chi connectivity index (χ3n) is 4.65. The molecule has 0 unspecified atom stereocenters. The number of anilines is 1. The summed E-state index contributed by atoms with van der Waals surface area (Å²) in [5.74, 6) is 3.67. The molecule has 0 amide bonds. The second-order valence-corrected chi connectivity index (χ2v) is 7.80. The lowest BCUT2D eigenvalue weighted by Gasteiger charge is -2.34. The van der Waals surface area contributed by atoms with Crippen molar-refractivity contribution in [3.05, 3.63) is 28.8 Å². The van der Waals surface area contributed by atoms with Crippen molar-refractivity contribution in [2.75, 3.05) is 18.0 Å². The van der Waals surface area contributed by atoms with Crippen molar-refractivity contribution in [2.24, 2.45) is 0 Å². The highest BCUT2D eigenvalue weighted by molar-refractivity contribution is 5.49. The Morgan fingerprint density at radius 3 is 2.46 bits per heavy atom. The lowest BCUT2D eigenvalue weighted by atomic mass is 9.94. The van der Waals surface area contributed by atoms with Gasteiger partial charge in [0.25, 0.3) is 0 Å². The summed E-state index contributed by atoms with van der Waals surface area (Å²) in [6.45, 7) is 14.4. The summed E-state index contributed by atoms with van der Waals surface area (Å²) in [7, 11) is 0. The molecule has 1 aliphatic heterocycles. The molecular formula is C18H27N5O. The molecule has 0 N–H and O–H groups in total. The van der Waals surface area contributed by atoms with Gasteiger partial charge in [0.1, 0.15) is 11.6 Å². The van der Waals surface area contributed by atoms with Crippen molar-refractivity contribution in [3.8, 4) is 0 Å². The molecule has 2 aromatic heterocycles. The van der Waals surface area contributed by atoms with E-state index in [1.54, 1.807) is 0 Å². The third-order valence-corrected chi connectivity index (χ3v) is 4.65. The van der Waals surface area contributed by atoms with Crippen LogP contribution in [0.5, 0.6) is 0 Å². The van der Waals surface area contributed by atoms with Crippen molar-refractivity contribution in [1.29, 1.82) is 0 Å². The number of hydrogen-bond donors (Lipinski definition) is 0. The molecule has 2 aromatic rings. The third kappa shape index (κ3) is 3.28. The SMILES string of the molecule is Cc1noc([C@@H]2CCCN(c3nc(C(C)(C)C)nc(C)c3C)C2)n1. The van der Waals surface area contributed by atoms with Crippen molar-refractivity contribution >= 4 is 5.82 Å². The maximum Gasteiger partial charge on any atom is 0.231 e. The van der Waals surface area contributed by atoms with Gasteiger partial charge in [-0.25, -0.2) is 9.97 Å². The molecule has 1 saturated heterocycles. The van der Waals surface area contributed by atoms with E-state index in [1.807, 2.05) is 6.92 Å². The van der Waals surface area contributed by atoms with E-state index in [-0.39, 0.29) is 11.3 Å². The maximum absolute atomic E-state index is 5.40. The number of aromatic nitrogens is 4. The van der Waals surface area contributed by atoms with Crippen LogP contribution in [0, 0.1) is 20.8 Å². The van der Waals surface area contributed by atoms with E-state index in [0.717, 1.165) is 54.7 Å². The second-order valence-electron chi connectivity index (χ2n) is 7.80. The van der Waals surface area contributed by atoms with Gasteiger partial charge in [-0.05, 0) is 33.6 Å². The molecule has 1 fully saturated rings. The molecule has 1 aliphatic rings. The highest BCUT2D eigenvalue weighted by Crippen LogP contribution is 2.31. The number of nitrogens with zero attached hydrogens (tertiary/aromatic N) is 5. The van der Waals surface area contributed by atoms with Gasteiger partial charge in [-0.3, -0.25) is 0 Å².